The molecular weight excluding hydrogens is 524 g/mol. The Morgan fingerprint density at radius 3 is 1.64 bits per heavy atom. The van der Waals surface area contributed by atoms with Crippen LogP contribution in [0.1, 0.15) is 20.8 Å². The van der Waals surface area contributed by atoms with Gasteiger partial charge in [-0.1, -0.05) is 0 Å². The van der Waals surface area contributed by atoms with Crippen LogP contribution in [0.4, 0.5) is 0 Å². The summed E-state index contributed by atoms with van der Waals surface area (Å²) in [5.74, 6) is -0.213. The van der Waals surface area contributed by atoms with E-state index in [1.165, 1.54) is 6.92 Å². The Labute approximate surface area is 105 Å². The third-order valence-corrected chi connectivity index (χ3v) is 0.402. The Kier molecular flexibility index (Phi) is 14.7. The number of esters is 1. The van der Waals surface area contributed by atoms with Gasteiger partial charge in [0.1, 0.15) is 0 Å². The molecule has 0 saturated carbocycles. The van der Waals surface area contributed by atoms with Gasteiger partial charge in [0, 0.05) is 6.92 Å². The average Bonchev–Trinajstić information content (AvgIpc) is 1.56. The molecule has 0 aromatic carbocycles. The molecule has 6 heteroatoms. The van der Waals surface area contributed by atoms with Gasteiger partial charge in [-0.05, 0) is 13.8 Å². The molecule has 2 nitrogen and oxygen atoms in total. The molecule has 0 atom stereocenters. The summed E-state index contributed by atoms with van der Waals surface area (Å²) in [6, 6.07) is 0. The molecule has 0 N–H and O–H groups in total. The molecule has 11 heavy (non-hydrogen) atoms. The minimum absolute atomic E-state index is 0.0255. The Morgan fingerprint density at radius 1 is 1.36 bits per heavy atom. The van der Waals surface area contributed by atoms with Gasteiger partial charge >= 0.3 is 70.8 Å². The molecule has 0 fully saturated rings. The van der Waals surface area contributed by atoms with Crippen molar-refractivity contribution in [3.8, 4) is 0 Å². The predicted octanol–water partition coefficient (Wildman–Crippen LogP) is 3.61. The third kappa shape index (κ3) is 33.0. The first-order valence-electron chi connectivity index (χ1n) is 2.81. The van der Waals surface area contributed by atoms with E-state index in [-0.39, 0.29) is 17.0 Å². The summed E-state index contributed by atoms with van der Waals surface area (Å²) < 4.78 is 4.61. The summed E-state index contributed by atoms with van der Waals surface area (Å²) >= 11 is 7.39. The van der Waals surface area contributed by atoms with Crippen LogP contribution in [-0.4, -0.2) is 12.1 Å². The number of carbonyl (C=O) groups is 1. The number of halogens is 3. The molecule has 68 valence electrons. The van der Waals surface area contributed by atoms with Crippen LogP contribution < -0.4 is 0 Å². The zero-order chi connectivity index (χ0) is 9.44. The van der Waals surface area contributed by atoms with Crippen LogP contribution in [0.3, 0.4) is 0 Å². The Hall–Kier alpha value is 2.24. The molecule has 0 aromatic heterocycles. The molecule has 0 aliphatic heterocycles. The average molecular weight is 534 g/mol. The Bertz CT molecular complexity index is 105. The van der Waals surface area contributed by atoms with E-state index in [4.69, 9.17) is 0 Å². The molecule has 0 aromatic rings. The van der Waals surface area contributed by atoms with Crippen molar-refractivity contribution in [3.05, 3.63) is 0 Å². The van der Waals surface area contributed by atoms with Crippen LogP contribution in [0.25, 0.3) is 0 Å². The summed E-state index contributed by atoms with van der Waals surface area (Å²) in [7, 11) is 0. The van der Waals surface area contributed by atoms with Crippen LogP contribution in [0.2, 0.25) is 0 Å². The Morgan fingerprint density at radius 2 is 1.64 bits per heavy atom. The summed E-state index contributed by atoms with van der Waals surface area (Å²) in [6.45, 7) is 5.04. The van der Waals surface area contributed by atoms with Crippen molar-refractivity contribution in [2.45, 2.75) is 26.9 Å². The van der Waals surface area contributed by atoms with E-state index < -0.39 is 0 Å². The van der Waals surface area contributed by atoms with Gasteiger partial charge in [-0.2, -0.15) is 0 Å². The standard InChI is InChI=1S/C5H10O2.3HI.V/c1-4(2)7-5(3)6;;;;/h4H,1-3H3;3*1H;/q;;;;+3/p-3. The van der Waals surface area contributed by atoms with Crippen molar-refractivity contribution in [2.24, 2.45) is 0 Å². The molecule has 0 bridgehead atoms. The van der Waals surface area contributed by atoms with Crippen LogP contribution in [0.15, 0.2) is 0 Å². The van der Waals surface area contributed by atoms with Crippen LogP contribution in [0.5, 0.6) is 0 Å². The van der Waals surface area contributed by atoms with Crippen LogP contribution >= 0.6 is 59.9 Å². The molecule has 0 amide bonds. The quantitative estimate of drug-likeness (QED) is 0.380. The number of hydrogen-bond acceptors (Lipinski definition) is 2. The molecule has 0 unspecified atom stereocenters. The number of rotatable bonds is 1. The summed E-state index contributed by atoms with van der Waals surface area (Å²) in [6.07, 6.45) is 0.0255. The van der Waals surface area contributed by atoms with E-state index in [2.05, 4.69) is 64.7 Å². The molecule has 0 heterocycles. The van der Waals surface area contributed by atoms with Crippen LogP contribution in [0, 0.1) is 0 Å². The summed E-state index contributed by atoms with van der Waals surface area (Å²) in [4.78, 5) is 9.75. The maximum atomic E-state index is 10.0. The van der Waals surface area contributed by atoms with Crippen molar-refractivity contribution < 1.29 is 14.5 Å². The third-order valence-electron chi connectivity index (χ3n) is 0.402. The van der Waals surface area contributed by atoms with Crippen molar-refractivity contribution in [1.82, 2.24) is 0 Å². The normalized spacial score (nSPS) is 9.09. The second kappa shape index (κ2) is 10.3. The fourth-order valence-corrected chi connectivity index (χ4v) is 0.332. The van der Waals surface area contributed by atoms with Crippen molar-refractivity contribution in [3.63, 3.8) is 0 Å². The van der Waals surface area contributed by atoms with Gasteiger partial charge in [0.05, 0.1) is 6.10 Å². The SMILES string of the molecule is CC(=O)OC(C)C.[I][V]([I])[I]. The molecule has 0 spiro atoms. The first-order chi connectivity index (χ1) is 4.86. The van der Waals surface area contributed by atoms with Gasteiger partial charge in [-0.15, -0.1) is 0 Å². The van der Waals surface area contributed by atoms with E-state index in [1.807, 2.05) is 13.8 Å². The van der Waals surface area contributed by atoms with E-state index in [1.54, 1.807) is 0 Å². The van der Waals surface area contributed by atoms with E-state index >= 15 is 0 Å². The number of carbonyl (C=O) groups excluding carboxylic acids is 1. The molecular formula is C5H10I3O2V. The fourth-order valence-electron chi connectivity index (χ4n) is 0.332. The van der Waals surface area contributed by atoms with E-state index in [0.717, 1.165) is 0 Å². The van der Waals surface area contributed by atoms with Crippen molar-refractivity contribution >= 4 is 65.9 Å². The Balaban J connectivity index is 0. The van der Waals surface area contributed by atoms with Gasteiger partial charge in [-0.3, -0.25) is 4.79 Å². The molecule has 0 aliphatic rings. The first kappa shape index (κ1) is 15.7. The van der Waals surface area contributed by atoms with E-state index in [9.17, 15) is 4.79 Å². The zero-order valence-electron chi connectivity index (χ0n) is 6.47. The molecule has 0 rings (SSSR count). The monoisotopic (exact) mass is 534 g/mol. The molecule has 0 radical (unpaired) electrons. The summed E-state index contributed by atoms with van der Waals surface area (Å²) in [5, 5.41) is 0. The second-order valence-corrected chi connectivity index (χ2v) is 37.2. The number of hydrogen-bond donors (Lipinski definition) is 0. The summed E-state index contributed by atoms with van der Waals surface area (Å²) in [5.41, 5.74) is 0. The van der Waals surface area contributed by atoms with E-state index in [0.29, 0.717) is 0 Å². The van der Waals surface area contributed by atoms with Gasteiger partial charge < -0.3 is 4.74 Å². The topological polar surface area (TPSA) is 26.3 Å². The van der Waals surface area contributed by atoms with Gasteiger partial charge in [0.15, 0.2) is 0 Å². The van der Waals surface area contributed by atoms with Gasteiger partial charge in [0.2, 0.25) is 0 Å². The van der Waals surface area contributed by atoms with Crippen molar-refractivity contribution in [1.29, 1.82) is 0 Å². The van der Waals surface area contributed by atoms with Crippen molar-refractivity contribution in [2.75, 3.05) is 0 Å². The fraction of sp³-hybridized carbons (Fsp3) is 0.800. The van der Waals surface area contributed by atoms with Crippen LogP contribution in [-0.2, 0) is 14.5 Å². The zero-order valence-corrected chi connectivity index (χ0v) is 14.3. The first-order valence-corrected chi connectivity index (χ1v) is 16.3. The van der Waals surface area contributed by atoms with Gasteiger partial charge in [0.25, 0.3) is 0 Å². The molecule has 0 aliphatic carbocycles. The van der Waals surface area contributed by atoms with Gasteiger partial charge in [-0.25, -0.2) is 0 Å². The predicted molar refractivity (Wildman–Crippen MR) is 69.0 cm³/mol. The molecule has 0 saturated heterocycles. The second-order valence-electron chi connectivity index (χ2n) is 1.85. The minimum atomic E-state index is -0.278. The maximum absolute atomic E-state index is 10.0. The number of ether oxygens (including phenoxy) is 1.